The minimum Gasteiger partial charge on any atom is -0.310 e. The fourth-order valence-electron chi connectivity index (χ4n) is 10.3. The quantitative estimate of drug-likeness (QED) is 0.127. The van der Waals surface area contributed by atoms with Crippen molar-refractivity contribution in [3.8, 4) is 0 Å². The maximum atomic E-state index is 2.54. The number of fused-ring (bicyclic) bond motifs is 8. The predicted octanol–water partition coefficient (Wildman–Crippen LogP) is 17.4. The van der Waals surface area contributed by atoms with E-state index in [0.29, 0.717) is 11.8 Å². The molecule has 2 aromatic heterocycles. The highest BCUT2D eigenvalue weighted by Crippen LogP contribution is 2.44. The van der Waals surface area contributed by atoms with Crippen LogP contribution >= 0.6 is 0 Å². The van der Waals surface area contributed by atoms with Crippen molar-refractivity contribution in [2.24, 2.45) is 0 Å². The summed E-state index contributed by atoms with van der Waals surface area (Å²) in [4.78, 5) is 4.85. The Morgan fingerprint density at radius 1 is 0.343 bits per heavy atom. The van der Waals surface area contributed by atoms with Crippen LogP contribution in [-0.2, 0) is 0 Å². The molecule has 332 valence electrons. The van der Waals surface area contributed by atoms with E-state index in [9.17, 15) is 0 Å². The summed E-state index contributed by atoms with van der Waals surface area (Å²) in [6, 6.07) is 67.6. The van der Waals surface area contributed by atoms with E-state index in [0.717, 1.165) is 22.7 Å². The third kappa shape index (κ3) is 7.49. The van der Waals surface area contributed by atoms with E-state index in [1.54, 1.807) is 0 Å². The van der Waals surface area contributed by atoms with Gasteiger partial charge in [0.25, 0.3) is 0 Å². The molecular formula is C62H61N3Si2. The Balaban J connectivity index is 1.08. The Morgan fingerprint density at radius 2 is 0.687 bits per heavy atom. The molecule has 0 aliphatic carbocycles. The minimum absolute atomic E-state index is 0.474. The number of anilines is 6. The van der Waals surface area contributed by atoms with Gasteiger partial charge in [-0.05, 0) is 142 Å². The predicted molar refractivity (Wildman–Crippen MR) is 300 cm³/mol. The summed E-state index contributed by atoms with van der Waals surface area (Å²) in [5, 5.41) is 13.0. The molecule has 11 aromatic rings. The lowest BCUT2D eigenvalue weighted by molar-refractivity contribution is 0.866. The first-order chi connectivity index (χ1) is 32.1. The summed E-state index contributed by atoms with van der Waals surface area (Å²) >= 11 is 0. The first-order valence-corrected chi connectivity index (χ1v) is 31.2. The Hall–Kier alpha value is -6.67. The lowest BCUT2D eigenvalue weighted by atomic mass is 10.0. The van der Waals surface area contributed by atoms with E-state index in [2.05, 4.69) is 257 Å². The van der Waals surface area contributed by atoms with Crippen molar-refractivity contribution < 1.29 is 0 Å². The van der Waals surface area contributed by atoms with Crippen molar-refractivity contribution in [1.29, 1.82) is 0 Å². The summed E-state index contributed by atoms with van der Waals surface area (Å²) in [6.45, 7) is 23.6. The molecule has 67 heavy (non-hydrogen) atoms. The molecule has 0 atom stereocenters. The zero-order chi connectivity index (χ0) is 46.5. The first kappa shape index (κ1) is 42.9. The average molecular weight is 904 g/mol. The van der Waals surface area contributed by atoms with Crippen LogP contribution < -0.4 is 20.2 Å². The Bertz CT molecular complexity index is 3390. The van der Waals surface area contributed by atoms with Gasteiger partial charge in [0.2, 0.25) is 0 Å². The summed E-state index contributed by atoms with van der Waals surface area (Å²) in [5.41, 5.74) is 13.4. The van der Waals surface area contributed by atoms with Crippen LogP contribution in [0.1, 0.15) is 50.7 Å². The second-order valence-electron chi connectivity index (χ2n) is 21.6. The van der Waals surface area contributed by atoms with Crippen LogP contribution in [0.5, 0.6) is 0 Å². The van der Waals surface area contributed by atoms with Gasteiger partial charge in [-0.15, -0.1) is 0 Å². The molecule has 9 aromatic carbocycles. The third-order valence-electron chi connectivity index (χ3n) is 14.3. The number of rotatable bonds is 10. The highest BCUT2D eigenvalue weighted by Gasteiger charge is 2.23. The van der Waals surface area contributed by atoms with Crippen molar-refractivity contribution in [2.75, 3.05) is 9.80 Å². The Morgan fingerprint density at radius 3 is 1.03 bits per heavy atom. The number of para-hydroxylation sites is 1. The highest BCUT2D eigenvalue weighted by molar-refractivity contribution is 6.89. The molecule has 11 rings (SSSR count). The summed E-state index contributed by atoms with van der Waals surface area (Å²) in [6.07, 6.45) is 0. The monoisotopic (exact) mass is 903 g/mol. The Labute approximate surface area is 398 Å². The molecule has 2 heterocycles. The van der Waals surface area contributed by atoms with Gasteiger partial charge in [0.15, 0.2) is 0 Å². The maximum Gasteiger partial charge on any atom is 0.0775 e. The molecule has 3 nitrogen and oxygen atoms in total. The number of hydrogen-bond acceptors (Lipinski definition) is 2. The molecular weight excluding hydrogens is 843 g/mol. The minimum atomic E-state index is -1.46. The van der Waals surface area contributed by atoms with E-state index in [1.807, 2.05) is 0 Å². The van der Waals surface area contributed by atoms with E-state index < -0.39 is 16.1 Å². The maximum absolute atomic E-state index is 2.54. The van der Waals surface area contributed by atoms with Crippen LogP contribution in [0, 0.1) is 0 Å². The van der Waals surface area contributed by atoms with Crippen LogP contribution in [0.4, 0.5) is 34.1 Å². The van der Waals surface area contributed by atoms with Crippen LogP contribution in [0.15, 0.2) is 176 Å². The van der Waals surface area contributed by atoms with Gasteiger partial charge >= 0.3 is 0 Å². The van der Waals surface area contributed by atoms with Gasteiger partial charge in [0.05, 0.1) is 32.7 Å². The molecule has 0 fully saturated rings. The fourth-order valence-corrected chi connectivity index (χ4v) is 12.7. The first-order valence-electron chi connectivity index (χ1n) is 24.2. The second kappa shape index (κ2) is 16.0. The topological polar surface area (TPSA) is 10.9 Å². The van der Waals surface area contributed by atoms with Crippen molar-refractivity contribution in [2.45, 2.75) is 78.8 Å². The molecule has 0 N–H and O–H groups in total. The molecule has 0 saturated carbocycles. The number of aromatic nitrogens is 1. The standard InChI is InChI=1S/C62H61N3Si2/c1-40(2)42-14-20-48(21-15-42)63(50-26-30-54(31-27-50)66(5,6)7)52-24-18-44-36-58-56-12-11-13-57-59-37-45-19-25-53(35-47(45)39-61(59)65(62(56)57)60(58)38-46(44)34-52)64(49-22-16-43(17-23-49)41(3)4)51-28-32-55(33-29-51)67(8,9)10/h11-41H,1-10H3. The molecule has 0 radical (unpaired) electrons. The number of benzene rings is 9. The lowest BCUT2D eigenvalue weighted by Crippen LogP contribution is -2.37. The zero-order valence-electron chi connectivity index (χ0n) is 40.7. The SMILES string of the molecule is CC(C)c1ccc(N(c2ccc([Si](C)(C)C)cc2)c2ccc3cc4c5cccc6c7cc8ccc(N(c9ccc(C(C)C)cc9)c9ccc([Si](C)(C)C)cc9)cc8cc7n(c4cc3c2)c56)cc1. The van der Waals surface area contributed by atoms with Gasteiger partial charge in [-0.1, -0.05) is 156 Å². The van der Waals surface area contributed by atoms with Crippen LogP contribution in [0.25, 0.3) is 59.6 Å². The number of nitrogens with zero attached hydrogens (tertiary/aromatic N) is 3. The molecule has 0 aliphatic heterocycles. The molecule has 0 aliphatic rings. The summed E-state index contributed by atoms with van der Waals surface area (Å²) in [5.74, 6) is 0.947. The highest BCUT2D eigenvalue weighted by atomic mass is 28.3. The Kier molecular flexibility index (Phi) is 10.3. The molecule has 0 spiro atoms. The van der Waals surface area contributed by atoms with Crippen LogP contribution in [0.2, 0.25) is 39.3 Å². The zero-order valence-corrected chi connectivity index (χ0v) is 42.7. The van der Waals surface area contributed by atoms with Gasteiger partial charge < -0.3 is 14.2 Å². The van der Waals surface area contributed by atoms with Gasteiger partial charge in [0.1, 0.15) is 0 Å². The molecule has 0 unspecified atom stereocenters. The number of hydrogen-bond donors (Lipinski definition) is 0. The normalized spacial score (nSPS) is 12.6. The van der Waals surface area contributed by atoms with Crippen molar-refractivity contribution >= 4 is 120 Å². The molecule has 0 saturated heterocycles. The largest absolute Gasteiger partial charge is 0.310 e. The van der Waals surface area contributed by atoms with E-state index in [-0.39, 0.29) is 0 Å². The van der Waals surface area contributed by atoms with Gasteiger partial charge in [-0.25, -0.2) is 0 Å². The van der Waals surface area contributed by atoms with Gasteiger partial charge in [-0.3, -0.25) is 0 Å². The van der Waals surface area contributed by atoms with E-state index in [4.69, 9.17) is 0 Å². The van der Waals surface area contributed by atoms with Gasteiger partial charge in [0, 0.05) is 55.7 Å². The summed E-state index contributed by atoms with van der Waals surface area (Å²) < 4.78 is 2.54. The van der Waals surface area contributed by atoms with Crippen LogP contribution in [-0.4, -0.2) is 20.5 Å². The third-order valence-corrected chi connectivity index (χ3v) is 18.5. The summed E-state index contributed by atoms with van der Waals surface area (Å²) in [7, 11) is -2.92. The average Bonchev–Trinajstić information content (AvgIpc) is 3.81. The van der Waals surface area contributed by atoms with Gasteiger partial charge in [-0.2, -0.15) is 0 Å². The fraction of sp³-hybridized carbons (Fsp3) is 0.194. The van der Waals surface area contributed by atoms with Crippen molar-refractivity contribution in [3.63, 3.8) is 0 Å². The second-order valence-corrected chi connectivity index (χ2v) is 31.8. The van der Waals surface area contributed by atoms with E-state index >= 15 is 0 Å². The van der Waals surface area contributed by atoms with Crippen molar-refractivity contribution in [3.05, 3.63) is 187 Å². The lowest BCUT2D eigenvalue weighted by Gasteiger charge is -2.27. The van der Waals surface area contributed by atoms with Crippen molar-refractivity contribution in [1.82, 2.24) is 4.40 Å². The molecule has 0 bridgehead atoms. The molecule has 0 amide bonds. The smallest absolute Gasteiger partial charge is 0.0775 e. The van der Waals surface area contributed by atoms with Crippen LogP contribution in [0.3, 0.4) is 0 Å². The molecule has 5 heteroatoms. The van der Waals surface area contributed by atoms with E-state index in [1.165, 1.54) is 92.5 Å².